The number of anilines is 1. The molecule has 6 heteroatoms. The highest BCUT2D eigenvalue weighted by atomic mass is 35.5. The van der Waals surface area contributed by atoms with Gasteiger partial charge < -0.3 is 5.73 Å². The molecule has 2 heterocycles. The van der Waals surface area contributed by atoms with E-state index in [1.807, 2.05) is 18.2 Å². The van der Waals surface area contributed by atoms with Gasteiger partial charge in [-0.3, -0.25) is 15.1 Å². The molecule has 0 radical (unpaired) electrons. The smallest absolute Gasteiger partial charge is 0.145 e. The van der Waals surface area contributed by atoms with E-state index in [1.54, 1.807) is 18.5 Å². The zero-order valence-electron chi connectivity index (χ0n) is 8.79. The molecule has 0 aliphatic rings. The second-order valence-electron chi connectivity index (χ2n) is 3.47. The Morgan fingerprint density at radius 3 is 2.47 bits per heavy atom. The Bertz CT molecular complexity index is 649. The molecule has 0 spiro atoms. The van der Waals surface area contributed by atoms with Crippen LogP contribution in [-0.4, -0.2) is 20.2 Å². The van der Waals surface area contributed by atoms with E-state index in [1.165, 1.54) is 0 Å². The minimum absolute atomic E-state index is 0. The molecule has 17 heavy (non-hydrogen) atoms. The van der Waals surface area contributed by atoms with E-state index in [0.29, 0.717) is 5.82 Å². The van der Waals surface area contributed by atoms with Crippen LogP contribution < -0.4 is 5.73 Å². The molecule has 0 unspecified atom stereocenters. The van der Waals surface area contributed by atoms with Crippen molar-refractivity contribution in [2.75, 3.05) is 5.73 Å². The molecule has 0 amide bonds. The van der Waals surface area contributed by atoms with Crippen LogP contribution in [0.2, 0.25) is 0 Å². The zero-order valence-corrected chi connectivity index (χ0v) is 9.61. The van der Waals surface area contributed by atoms with Crippen LogP contribution in [0.5, 0.6) is 0 Å². The van der Waals surface area contributed by atoms with Crippen LogP contribution in [0.3, 0.4) is 0 Å². The van der Waals surface area contributed by atoms with Gasteiger partial charge in [-0.2, -0.15) is 5.10 Å². The van der Waals surface area contributed by atoms with E-state index >= 15 is 0 Å². The second kappa shape index (κ2) is 4.39. The van der Waals surface area contributed by atoms with E-state index in [0.717, 1.165) is 22.3 Å². The molecular formula is C11H10ClN5. The number of fused-ring (bicyclic) bond motifs is 1. The van der Waals surface area contributed by atoms with Gasteiger partial charge in [-0.1, -0.05) is 6.07 Å². The number of nitrogens with one attached hydrogen (secondary N) is 1. The third-order valence-electron chi connectivity index (χ3n) is 2.38. The van der Waals surface area contributed by atoms with E-state index in [9.17, 15) is 0 Å². The summed E-state index contributed by atoms with van der Waals surface area (Å²) in [6.45, 7) is 0. The van der Waals surface area contributed by atoms with E-state index in [4.69, 9.17) is 5.73 Å². The summed E-state index contributed by atoms with van der Waals surface area (Å²) in [7, 11) is 0. The summed E-state index contributed by atoms with van der Waals surface area (Å²) in [6, 6.07) is 7.63. The molecule has 3 aromatic rings. The van der Waals surface area contributed by atoms with Crippen LogP contribution in [0.15, 0.2) is 36.7 Å². The molecule has 0 fully saturated rings. The maximum atomic E-state index is 5.56. The number of halogens is 1. The predicted octanol–water partition coefficient (Wildman–Crippen LogP) is 2.02. The molecule has 0 aliphatic carbocycles. The average Bonchev–Trinajstić information content (AvgIpc) is 2.75. The molecule has 0 bridgehead atoms. The number of hydrogen-bond donors (Lipinski definition) is 2. The Labute approximate surface area is 103 Å². The molecule has 3 N–H and O–H groups in total. The van der Waals surface area contributed by atoms with Crippen molar-refractivity contribution in [3.63, 3.8) is 0 Å². The number of rotatable bonds is 1. The number of aromatic nitrogens is 4. The highest BCUT2D eigenvalue weighted by Gasteiger charge is 2.03. The van der Waals surface area contributed by atoms with Crippen molar-refractivity contribution in [1.29, 1.82) is 0 Å². The maximum Gasteiger partial charge on any atom is 0.145 e. The van der Waals surface area contributed by atoms with Crippen molar-refractivity contribution < 1.29 is 0 Å². The van der Waals surface area contributed by atoms with Gasteiger partial charge >= 0.3 is 0 Å². The van der Waals surface area contributed by atoms with Gasteiger partial charge in [-0.05, 0) is 12.1 Å². The number of hydrogen-bond acceptors (Lipinski definition) is 4. The topological polar surface area (TPSA) is 80.5 Å². The first-order valence-electron chi connectivity index (χ1n) is 4.85. The molecular weight excluding hydrogens is 238 g/mol. The lowest BCUT2D eigenvalue weighted by Crippen LogP contribution is -1.84. The third kappa shape index (κ3) is 2.05. The fraction of sp³-hybridized carbons (Fsp3) is 0. The van der Waals surface area contributed by atoms with E-state index < -0.39 is 0 Å². The number of aromatic amines is 1. The summed E-state index contributed by atoms with van der Waals surface area (Å²) in [5, 5.41) is 6.75. The molecule has 0 aliphatic heterocycles. The molecule has 0 saturated carbocycles. The van der Waals surface area contributed by atoms with Gasteiger partial charge in [0.05, 0.1) is 16.7 Å². The normalized spacial score (nSPS) is 10.1. The lowest BCUT2D eigenvalue weighted by Gasteiger charge is -1.99. The van der Waals surface area contributed by atoms with Gasteiger partial charge in [0.15, 0.2) is 0 Å². The number of nitrogens with zero attached hydrogens (tertiary/aromatic N) is 3. The number of nitrogen functional groups attached to an aromatic ring is 1. The van der Waals surface area contributed by atoms with Crippen molar-refractivity contribution >= 4 is 29.3 Å². The van der Waals surface area contributed by atoms with Gasteiger partial charge in [-0.15, -0.1) is 12.4 Å². The Morgan fingerprint density at radius 1 is 1.00 bits per heavy atom. The minimum atomic E-state index is 0. The van der Waals surface area contributed by atoms with Gasteiger partial charge in [0.25, 0.3) is 0 Å². The SMILES string of the molecule is Cl.Nc1cc(-c2ccc3nccnc3c2)[nH]n1. The zero-order chi connectivity index (χ0) is 11.0. The number of nitrogens with two attached hydrogens (primary N) is 1. The van der Waals surface area contributed by atoms with E-state index in [-0.39, 0.29) is 12.4 Å². The molecule has 3 rings (SSSR count). The summed E-state index contributed by atoms with van der Waals surface area (Å²) in [5.74, 6) is 0.481. The van der Waals surface area contributed by atoms with Crippen LogP contribution in [0.25, 0.3) is 22.3 Å². The van der Waals surface area contributed by atoms with Crippen molar-refractivity contribution in [1.82, 2.24) is 20.2 Å². The molecule has 2 aromatic heterocycles. The Balaban J connectivity index is 0.00000108. The number of H-pyrrole nitrogens is 1. The Hall–Kier alpha value is -2.14. The first-order chi connectivity index (χ1) is 7.83. The Kier molecular flexibility index (Phi) is 2.93. The fourth-order valence-electron chi connectivity index (χ4n) is 1.62. The number of benzene rings is 1. The van der Waals surface area contributed by atoms with Crippen LogP contribution in [0.1, 0.15) is 0 Å². The van der Waals surface area contributed by atoms with Gasteiger partial charge in [0.1, 0.15) is 5.82 Å². The molecule has 86 valence electrons. The highest BCUT2D eigenvalue weighted by Crippen LogP contribution is 2.21. The van der Waals surface area contributed by atoms with Gasteiger partial charge in [0, 0.05) is 24.0 Å². The third-order valence-corrected chi connectivity index (χ3v) is 2.38. The monoisotopic (exact) mass is 247 g/mol. The quantitative estimate of drug-likeness (QED) is 0.689. The maximum absolute atomic E-state index is 5.56. The average molecular weight is 248 g/mol. The Morgan fingerprint density at radius 2 is 1.76 bits per heavy atom. The first-order valence-corrected chi connectivity index (χ1v) is 4.85. The van der Waals surface area contributed by atoms with Crippen molar-refractivity contribution in [3.8, 4) is 11.3 Å². The second-order valence-corrected chi connectivity index (χ2v) is 3.47. The minimum Gasteiger partial charge on any atom is -0.382 e. The lowest BCUT2D eigenvalue weighted by atomic mass is 10.1. The van der Waals surface area contributed by atoms with Crippen LogP contribution >= 0.6 is 12.4 Å². The standard InChI is InChI=1S/C11H9N5.ClH/c12-11-6-9(15-16-11)7-1-2-8-10(5-7)14-4-3-13-8;/h1-6H,(H3,12,15,16);1H. The van der Waals surface area contributed by atoms with Crippen molar-refractivity contribution in [2.45, 2.75) is 0 Å². The molecule has 0 atom stereocenters. The van der Waals surface area contributed by atoms with E-state index in [2.05, 4.69) is 20.2 Å². The van der Waals surface area contributed by atoms with Crippen LogP contribution in [0.4, 0.5) is 5.82 Å². The van der Waals surface area contributed by atoms with Crippen molar-refractivity contribution in [3.05, 3.63) is 36.7 Å². The van der Waals surface area contributed by atoms with Gasteiger partial charge in [0.2, 0.25) is 0 Å². The van der Waals surface area contributed by atoms with Crippen molar-refractivity contribution in [2.24, 2.45) is 0 Å². The molecule has 0 saturated heterocycles. The van der Waals surface area contributed by atoms with Crippen LogP contribution in [0, 0.1) is 0 Å². The van der Waals surface area contributed by atoms with Gasteiger partial charge in [-0.25, -0.2) is 0 Å². The summed E-state index contributed by atoms with van der Waals surface area (Å²) in [4.78, 5) is 8.45. The molecule has 5 nitrogen and oxygen atoms in total. The summed E-state index contributed by atoms with van der Waals surface area (Å²) in [5.41, 5.74) is 9.16. The molecule has 1 aromatic carbocycles. The largest absolute Gasteiger partial charge is 0.382 e. The fourth-order valence-corrected chi connectivity index (χ4v) is 1.62. The summed E-state index contributed by atoms with van der Waals surface area (Å²) in [6.07, 6.45) is 3.35. The summed E-state index contributed by atoms with van der Waals surface area (Å²) < 4.78 is 0. The van der Waals surface area contributed by atoms with Crippen LogP contribution in [-0.2, 0) is 0 Å². The highest BCUT2D eigenvalue weighted by molar-refractivity contribution is 5.85. The lowest BCUT2D eigenvalue weighted by molar-refractivity contribution is 1.10. The first kappa shape index (κ1) is 11.3. The predicted molar refractivity (Wildman–Crippen MR) is 68.8 cm³/mol. The summed E-state index contributed by atoms with van der Waals surface area (Å²) >= 11 is 0.